The number of Topliss-reactive ketones (excluding diaryl/α,β-unsaturated/α-hetero) is 1. The quantitative estimate of drug-likeness (QED) is 0.247. The summed E-state index contributed by atoms with van der Waals surface area (Å²) < 4.78 is 43.4. The van der Waals surface area contributed by atoms with Crippen LogP contribution in [-0.4, -0.2) is 69.3 Å². The molecule has 0 saturated carbocycles. The van der Waals surface area contributed by atoms with Crippen LogP contribution in [0.25, 0.3) is 0 Å². The topological polar surface area (TPSA) is 154 Å². The first kappa shape index (κ1) is 35.8. The van der Waals surface area contributed by atoms with Gasteiger partial charge in [0.1, 0.15) is 22.6 Å². The first-order valence-corrected chi connectivity index (χ1v) is 16.1. The molecule has 3 aromatic carbocycles. The van der Waals surface area contributed by atoms with E-state index < -0.39 is 62.9 Å². The van der Waals surface area contributed by atoms with Crippen LogP contribution in [0.2, 0.25) is 0 Å². The van der Waals surface area contributed by atoms with Gasteiger partial charge in [-0.25, -0.2) is 18.0 Å². The molecule has 2 unspecified atom stereocenters. The van der Waals surface area contributed by atoms with Crippen molar-refractivity contribution in [3.63, 3.8) is 0 Å². The van der Waals surface area contributed by atoms with Crippen LogP contribution >= 0.6 is 0 Å². The van der Waals surface area contributed by atoms with Gasteiger partial charge in [-0.3, -0.25) is 9.59 Å². The lowest BCUT2D eigenvalue weighted by Crippen LogP contribution is -2.52. The molecule has 0 aliphatic heterocycles. The summed E-state index contributed by atoms with van der Waals surface area (Å²) in [5.74, 6) is -1.98. The van der Waals surface area contributed by atoms with Crippen LogP contribution in [0.1, 0.15) is 38.3 Å². The van der Waals surface area contributed by atoms with Gasteiger partial charge in [-0.15, -0.1) is 0 Å². The Labute approximate surface area is 269 Å². The smallest absolute Gasteiger partial charge is 0.408 e. The van der Waals surface area contributed by atoms with Gasteiger partial charge in [-0.05, 0) is 62.6 Å². The minimum absolute atomic E-state index is 0.0730. The third kappa shape index (κ3) is 10.4. The van der Waals surface area contributed by atoms with Gasteiger partial charge in [-0.2, -0.15) is 0 Å². The van der Waals surface area contributed by atoms with Gasteiger partial charge in [0.25, 0.3) is 0 Å². The molecule has 0 heterocycles. The number of methoxy groups -OCH3 is 2. The molecule has 0 radical (unpaired) electrons. The Hall–Kier alpha value is -4.71. The molecule has 2 amide bonds. The lowest BCUT2D eigenvalue weighted by atomic mass is 9.98. The van der Waals surface area contributed by atoms with Gasteiger partial charge in [0.15, 0.2) is 15.6 Å². The van der Waals surface area contributed by atoms with Crippen molar-refractivity contribution in [1.29, 1.82) is 0 Å². The fourth-order valence-corrected chi connectivity index (χ4v) is 6.34. The number of ether oxygens (including phenoxy) is 3. The van der Waals surface area contributed by atoms with Crippen molar-refractivity contribution in [2.24, 2.45) is 0 Å². The van der Waals surface area contributed by atoms with Crippen molar-refractivity contribution < 1.29 is 41.8 Å². The van der Waals surface area contributed by atoms with Gasteiger partial charge in [0.2, 0.25) is 5.91 Å². The van der Waals surface area contributed by atoms with E-state index >= 15 is 0 Å². The number of hydrogen-bond acceptors (Lipinski definition) is 9. The van der Waals surface area contributed by atoms with Crippen molar-refractivity contribution in [3.05, 3.63) is 96.1 Å². The summed E-state index contributed by atoms with van der Waals surface area (Å²) in [7, 11) is -1.80. The second kappa shape index (κ2) is 16.0. The molecule has 0 aliphatic rings. The highest BCUT2D eigenvalue weighted by atomic mass is 32.2. The minimum Gasteiger partial charge on any atom is -0.497 e. The Kier molecular flexibility index (Phi) is 12.5. The zero-order valence-electron chi connectivity index (χ0n) is 26.5. The number of nitrogens with one attached hydrogen (secondary N) is 2. The van der Waals surface area contributed by atoms with Gasteiger partial charge < -0.3 is 24.8 Å². The van der Waals surface area contributed by atoms with Crippen LogP contribution in [0.3, 0.4) is 0 Å². The Bertz CT molecular complexity index is 1590. The molecule has 0 bridgehead atoms. The largest absolute Gasteiger partial charge is 0.497 e. The SMILES string of the molecule is COC(=O)C(Cc1ccccc1)NC(=O)CC(C(=O)[C@H](Cc1ccc(OC)cc1)NC(=O)OC(C)(C)C)S(=O)(=O)c1ccccc1. The first-order chi connectivity index (χ1) is 21.7. The summed E-state index contributed by atoms with van der Waals surface area (Å²) >= 11 is 0. The van der Waals surface area contributed by atoms with Crippen LogP contribution in [-0.2, 0) is 46.5 Å². The number of carbonyl (C=O) groups is 4. The van der Waals surface area contributed by atoms with Crippen molar-refractivity contribution >= 4 is 33.6 Å². The maximum atomic E-state index is 14.2. The Balaban J connectivity index is 1.99. The van der Waals surface area contributed by atoms with E-state index in [1.165, 1.54) is 38.5 Å². The average molecular weight is 653 g/mol. The van der Waals surface area contributed by atoms with Crippen LogP contribution in [0, 0.1) is 0 Å². The molecule has 0 spiro atoms. The number of sulfone groups is 1. The highest BCUT2D eigenvalue weighted by molar-refractivity contribution is 7.92. The van der Waals surface area contributed by atoms with Crippen molar-refractivity contribution in [1.82, 2.24) is 10.6 Å². The average Bonchev–Trinajstić information content (AvgIpc) is 3.02. The molecule has 11 nitrogen and oxygen atoms in total. The normalized spacial score (nSPS) is 13.4. The first-order valence-electron chi connectivity index (χ1n) is 14.6. The molecule has 3 atom stereocenters. The Morgan fingerprint density at radius 1 is 0.739 bits per heavy atom. The van der Waals surface area contributed by atoms with Gasteiger partial charge >= 0.3 is 12.1 Å². The van der Waals surface area contributed by atoms with Gasteiger partial charge in [0.05, 0.1) is 31.6 Å². The number of benzene rings is 3. The van der Waals surface area contributed by atoms with E-state index in [0.717, 1.165) is 5.56 Å². The van der Waals surface area contributed by atoms with Crippen molar-refractivity contribution in [2.45, 2.75) is 67.9 Å². The molecule has 246 valence electrons. The van der Waals surface area contributed by atoms with Crippen LogP contribution in [0.5, 0.6) is 5.75 Å². The Morgan fingerprint density at radius 2 is 1.28 bits per heavy atom. The van der Waals surface area contributed by atoms with E-state index in [1.54, 1.807) is 81.4 Å². The summed E-state index contributed by atoms with van der Waals surface area (Å²) in [5, 5.41) is 3.13. The van der Waals surface area contributed by atoms with Gasteiger partial charge in [-0.1, -0.05) is 60.7 Å². The lowest BCUT2D eigenvalue weighted by Gasteiger charge is -2.26. The maximum Gasteiger partial charge on any atom is 0.408 e. The minimum atomic E-state index is -4.47. The van der Waals surface area contributed by atoms with Crippen LogP contribution in [0.4, 0.5) is 4.79 Å². The maximum absolute atomic E-state index is 14.2. The van der Waals surface area contributed by atoms with Crippen molar-refractivity contribution in [3.8, 4) is 5.75 Å². The standard InChI is InChI=1S/C34H40N2O9S/c1-34(2,3)45-33(40)36-27(20-24-16-18-25(43-4)19-17-24)31(38)29(46(41,42)26-14-10-7-11-15-26)22-30(37)35-28(32(39)44-5)21-23-12-8-6-9-13-23/h6-19,27-29H,20-22H2,1-5H3,(H,35,37)(H,36,40)/t27-,28?,29?/m0/s1. The second-order valence-electron chi connectivity index (χ2n) is 11.5. The van der Waals surface area contributed by atoms with E-state index in [0.29, 0.717) is 11.3 Å². The fraction of sp³-hybridized carbons (Fsp3) is 0.353. The molecular weight excluding hydrogens is 612 g/mol. The third-order valence-corrected chi connectivity index (χ3v) is 8.95. The molecule has 0 fully saturated rings. The van der Waals surface area contributed by atoms with Crippen LogP contribution in [0.15, 0.2) is 89.8 Å². The highest BCUT2D eigenvalue weighted by Crippen LogP contribution is 2.23. The number of hydrogen-bond donors (Lipinski definition) is 2. The summed E-state index contributed by atoms with van der Waals surface area (Å²) in [6, 6.07) is 20.2. The molecule has 3 aromatic rings. The fourth-order valence-electron chi connectivity index (χ4n) is 4.64. The molecule has 0 aromatic heterocycles. The molecular formula is C34H40N2O9S. The third-order valence-electron chi connectivity index (χ3n) is 6.87. The monoisotopic (exact) mass is 652 g/mol. The second-order valence-corrected chi connectivity index (χ2v) is 13.7. The zero-order valence-corrected chi connectivity index (χ0v) is 27.3. The zero-order chi connectivity index (χ0) is 33.9. The Morgan fingerprint density at radius 3 is 1.83 bits per heavy atom. The van der Waals surface area contributed by atoms with E-state index in [1.807, 2.05) is 0 Å². The molecule has 2 N–H and O–H groups in total. The number of esters is 1. The number of carbonyl (C=O) groups excluding carboxylic acids is 4. The van der Waals surface area contributed by atoms with E-state index in [4.69, 9.17) is 14.2 Å². The number of ketones is 1. The van der Waals surface area contributed by atoms with E-state index in [2.05, 4.69) is 10.6 Å². The number of rotatable bonds is 14. The summed E-state index contributed by atoms with van der Waals surface area (Å²) in [6.07, 6.45) is -1.80. The van der Waals surface area contributed by atoms with E-state index in [9.17, 15) is 27.6 Å². The predicted octanol–water partition coefficient (Wildman–Crippen LogP) is 3.83. The van der Waals surface area contributed by atoms with E-state index in [-0.39, 0.29) is 17.7 Å². The predicted molar refractivity (Wildman–Crippen MR) is 171 cm³/mol. The number of amides is 2. The molecule has 0 saturated heterocycles. The summed E-state index contributed by atoms with van der Waals surface area (Å²) in [5.41, 5.74) is 0.405. The molecule has 0 aliphatic carbocycles. The number of alkyl carbamates (subject to hydrolysis) is 1. The molecule has 46 heavy (non-hydrogen) atoms. The van der Waals surface area contributed by atoms with Gasteiger partial charge in [0, 0.05) is 6.42 Å². The molecule has 12 heteroatoms. The lowest BCUT2D eigenvalue weighted by molar-refractivity contribution is -0.145. The molecule has 3 rings (SSSR count). The van der Waals surface area contributed by atoms with Crippen LogP contribution < -0.4 is 15.4 Å². The summed E-state index contributed by atoms with van der Waals surface area (Å²) in [6.45, 7) is 4.94. The summed E-state index contributed by atoms with van der Waals surface area (Å²) in [4.78, 5) is 53.0. The highest BCUT2D eigenvalue weighted by Gasteiger charge is 2.41. The van der Waals surface area contributed by atoms with Crippen molar-refractivity contribution in [2.75, 3.05) is 14.2 Å².